The molecule has 0 aromatic carbocycles. The Morgan fingerprint density at radius 3 is 3.13 bits per heavy atom. The fraction of sp³-hybridized carbons (Fsp3) is 0.333. The summed E-state index contributed by atoms with van der Waals surface area (Å²) >= 11 is 0. The van der Waals surface area contributed by atoms with E-state index in [1.807, 2.05) is 0 Å². The Labute approximate surface area is 85.9 Å². The number of Topliss-reactive ketones (excluding diaryl/α,β-unsaturated/α-hetero) is 1. The van der Waals surface area contributed by atoms with Crippen molar-refractivity contribution >= 4 is 5.78 Å². The second-order valence-electron chi connectivity index (χ2n) is 3.14. The number of hydrogen-bond acceptors (Lipinski definition) is 5. The molecule has 6 nitrogen and oxygen atoms in total. The van der Waals surface area contributed by atoms with E-state index in [4.69, 9.17) is 4.42 Å². The third kappa shape index (κ3) is 2.28. The number of hydrogen-bond donors (Lipinski definition) is 0. The van der Waals surface area contributed by atoms with E-state index in [0.717, 1.165) is 0 Å². The third-order valence-corrected chi connectivity index (χ3v) is 1.86. The van der Waals surface area contributed by atoms with Gasteiger partial charge < -0.3 is 4.42 Å². The van der Waals surface area contributed by atoms with Gasteiger partial charge in [0.05, 0.1) is 12.8 Å². The Morgan fingerprint density at radius 2 is 2.47 bits per heavy atom. The molecule has 2 aromatic rings. The van der Waals surface area contributed by atoms with Crippen molar-refractivity contribution in [2.45, 2.75) is 19.9 Å². The van der Waals surface area contributed by atoms with Crippen molar-refractivity contribution in [3.63, 3.8) is 0 Å². The Balaban J connectivity index is 2.08. The number of carbonyl (C=O) groups is 1. The van der Waals surface area contributed by atoms with E-state index < -0.39 is 0 Å². The number of aromatic nitrogens is 4. The van der Waals surface area contributed by atoms with E-state index in [2.05, 4.69) is 15.4 Å². The van der Waals surface area contributed by atoms with Gasteiger partial charge in [-0.1, -0.05) is 0 Å². The fourth-order valence-electron chi connectivity index (χ4n) is 1.10. The minimum atomic E-state index is 0.104. The number of tetrazole rings is 1. The maximum absolute atomic E-state index is 10.7. The van der Waals surface area contributed by atoms with Gasteiger partial charge in [-0.15, -0.1) is 10.2 Å². The van der Waals surface area contributed by atoms with Crippen molar-refractivity contribution in [3.05, 3.63) is 18.4 Å². The number of aryl methyl sites for hydroxylation is 1. The molecular weight excluding hydrogens is 196 g/mol. The molecule has 0 radical (unpaired) electrons. The van der Waals surface area contributed by atoms with Crippen molar-refractivity contribution in [1.29, 1.82) is 0 Å². The fourth-order valence-corrected chi connectivity index (χ4v) is 1.10. The van der Waals surface area contributed by atoms with E-state index >= 15 is 0 Å². The lowest BCUT2D eigenvalue weighted by Crippen LogP contribution is -2.06. The van der Waals surface area contributed by atoms with Crippen LogP contribution in [0.1, 0.15) is 13.3 Å². The molecule has 0 aliphatic rings. The number of ketones is 1. The number of nitrogens with zero attached hydrogens (tertiary/aromatic N) is 4. The molecule has 0 fully saturated rings. The molecule has 0 aliphatic carbocycles. The van der Waals surface area contributed by atoms with Gasteiger partial charge in [0.2, 0.25) is 5.82 Å². The largest absolute Gasteiger partial charge is 0.461 e. The van der Waals surface area contributed by atoms with E-state index in [-0.39, 0.29) is 5.78 Å². The van der Waals surface area contributed by atoms with Crippen molar-refractivity contribution in [2.24, 2.45) is 0 Å². The highest BCUT2D eigenvalue weighted by molar-refractivity contribution is 5.75. The van der Waals surface area contributed by atoms with Crippen LogP contribution in [-0.2, 0) is 11.3 Å². The summed E-state index contributed by atoms with van der Waals surface area (Å²) in [6, 6.07) is 3.51. The minimum Gasteiger partial charge on any atom is -0.461 e. The topological polar surface area (TPSA) is 73.8 Å². The average molecular weight is 206 g/mol. The molecule has 0 unspecified atom stereocenters. The average Bonchev–Trinajstić information content (AvgIpc) is 2.85. The smallest absolute Gasteiger partial charge is 0.240 e. The summed E-state index contributed by atoms with van der Waals surface area (Å²) in [4.78, 5) is 12.1. The lowest BCUT2D eigenvalue weighted by molar-refractivity contribution is -0.117. The first-order valence-electron chi connectivity index (χ1n) is 4.57. The number of furan rings is 1. The van der Waals surface area contributed by atoms with Gasteiger partial charge in [-0.2, -0.15) is 4.80 Å². The molecule has 0 atom stereocenters. The highest BCUT2D eigenvalue weighted by Gasteiger charge is 2.08. The second-order valence-corrected chi connectivity index (χ2v) is 3.14. The summed E-state index contributed by atoms with van der Waals surface area (Å²) in [5, 5.41) is 11.7. The molecule has 0 N–H and O–H groups in total. The first-order chi connectivity index (χ1) is 7.25. The van der Waals surface area contributed by atoms with Crippen LogP contribution in [0.3, 0.4) is 0 Å². The summed E-state index contributed by atoms with van der Waals surface area (Å²) < 4.78 is 5.11. The molecule has 2 aromatic heterocycles. The van der Waals surface area contributed by atoms with Crippen LogP contribution in [0.2, 0.25) is 0 Å². The van der Waals surface area contributed by atoms with E-state index in [1.54, 1.807) is 18.4 Å². The molecule has 0 saturated heterocycles. The first-order valence-corrected chi connectivity index (χ1v) is 4.57. The molecule has 6 heteroatoms. The molecule has 2 heterocycles. The Hall–Kier alpha value is -1.98. The van der Waals surface area contributed by atoms with Crippen molar-refractivity contribution in [1.82, 2.24) is 20.2 Å². The van der Waals surface area contributed by atoms with Crippen LogP contribution in [0.15, 0.2) is 22.8 Å². The molecular formula is C9H10N4O2. The predicted molar refractivity (Wildman–Crippen MR) is 50.8 cm³/mol. The van der Waals surface area contributed by atoms with Crippen molar-refractivity contribution in [2.75, 3.05) is 0 Å². The molecule has 15 heavy (non-hydrogen) atoms. The summed E-state index contributed by atoms with van der Waals surface area (Å²) in [5.41, 5.74) is 0. The molecule has 0 amide bonds. The highest BCUT2D eigenvalue weighted by Crippen LogP contribution is 2.12. The van der Waals surface area contributed by atoms with Gasteiger partial charge in [-0.05, 0) is 24.3 Å². The van der Waals surface area contributed by atoms with Gasteiger partial charge in [-0.25, -0.2) is 0 Å². The van der Waals surface area contributed by atoms with Crippen LogP contribution < -0.4 is 0 Å². The predicted octanol–water partition coefficient (Wildman–Crippen LogP) is 0.912. The zero-order chi connectivity index (χ0) is 10.7. The molecule has 78 valence electrons. The van der Waals surface area contributed by atoms with Crippen LogP contribution in [0.4, 0.5) is 0 Å². The maximum Gasteiger partial charge on any atom is 0.240 e. The molecule has 0 saturated carbocycles. The zero-order valence-electron chi connectivity index (χ0n) is 8.25. The molecule has 0 spiro atoms. The maximum atomic E-state index is 10.7. The second kappa shape index (κ2) is 4.04. The van der Waals surface area contributed by atoms with Crippen LogP contribution in [-0.4, -0.2) is 26.0 Å². The van der Waals surface area contributed by atoms with Gasteiger partial charge >= 0.3 is 0 Å². The molecule has 0 aliphatic heterocycles. The summed E-state index contributed by atoms with van der Waals surface area (Å²) in [5.74, 6) is 1.11. The van der Waals surface area contributed by atoms with Crippen molar-refractivity contribution in [3.8, 4) is 11.6 Å². The molecule has 2 rings (SSSR count). The van der Waals surface area contributed by atoms with E-state index in [1.165, 1.54) is 11.7 Å². The van der Waals surface area contributed by atoms with Crippen LogP contribution in [0, 0.1) is 0 Å². The van der Waals surface area contributed by atoms with Crippen LogP contribution >= 0.6 is 0 Å². The normalized spacial score (nSPS) is 10.5. The van der Waals surface area contributed by atoms with Gasteiger partial charge in [-0.3, -0.25) is 4.79 Å². The number of rotatable bonds is 4. The minimum absolute atomic E-state index is 0.104. The SMILES string of the molecule is CC(=O)CCn1nnc(-c2ccco2)n1. The first kappa shape index (κ1) is 9.57. The lowest BCUT2D eigenvalue weighted by atomic mass is 10.3. The summed E-state index contributed by atoms with van der Waals surface area (Å²) in [7, 11) is 0. The third-order valence-electron chi connectivity index (χ3n) is 1.86. The quantitative estimate of drug-likeness (QED) is 0.743. The van der Waals surface area contributed by atoms with Crippen LogP contribution in [0.25, 0.3) is 11.6 Å². The van der Waals surface area contributed by atoms with Gasteiger partial charge in [0.25, 0.3) is 0 Å². The summed E-state index contributed by atoms with van der Waals surface area (Å²) in [6.45, 7) is 1.98. The standard InChI is InChI=1S/C9H10N4O2/c1-7(14)4-5-13-11-9(10-12-13)8-3-2-6-15-8/h2-3,6H,4-5H2,1H3. The monoisotopic (exact) mass is 206 g/mol. The summed E-state index contributed by atoms with van der Waals surface area (Å²) in [6.07, 6.45) is 1.96. The Kier molecular flexibility index (Phi) is 2.57. The Morgan fingerprint density at radius 1 is 1.60 bits per heavy atom. The van der Waals surface area contributed by atoms with E-state index in [9.17, 15) is 4.79 Å². The van der Waals surface area contributed by atoms with Gasteiger partial charge in [0.1, 0.15) is 5.78 Å². The zero-order valence-corrected chi connectivity index (χ0v) is 8.25. The van der Waals surface area contributed by atoms with Crippen molar-refractivity contribution < 1.29 is 9.21 Å². The number of carbonyl (C=O) groups excluding carboxylic acids is 1. The highest BCUT2D eigenvalue weighted by atomic mass is 16.3. The lowest BCUT2D eigenvalue weighted by Gasteiger charge is -1.93. The Bertz CT molecular complexity index is 446. The molecule has 0 bridgehead atoms. The van der Waals surface area contributed by atoms with Crippen LogP contribution in [0.5, 0.6) is 0 Å². The van der Waals surface area contributed by atoms with E-state index in [0.29, 0.717) is 24.6 Å². The van der Waals surface area contributed by atoms with Gasteiger partial charge in [0, 0.05) is 6.42 Å². The van der Waals surface area contributed by atoms with Gasteiger partial charge in [0.15, 0.2) is 5.76 Å².